The van der Waals surface area contributed by atoms with Crippen molar-refractivity contribution in [2.45, 2.75) is 32.1 Å². The first-order valence-corrected chi connectivity index (χ1v) is 6.83. The molecule has 7 heteroatoms. The van der Waals surface area contributed by atoms with Gasteiger partial charge in [0.25, 0.3) is 5.92 Å². The van der Waals surface area contributed by atoms with Gasteiger partial charge in [0.15, 0.2) is 11.5 Å². The Morgan fingerprint density at radius 3 is 2.80 bits per heavy atom. The average Bonchev–Trinajstić information content (AvgIpc) is 2.78. The molecule has 2 fully saturated rings. The number of rotatable bonds is 1. The molecule has 0 bridgehead atoms. The molecule has 1 aliphatic heterocycles. The maximum absolute atomic E-state index is 13.6. The molecule has 5 nitrogen and oxygen atoms in total. The fraction of sp³-hybridized carbons (Fsp3) is 0.615. The maximum atomic E-state index is 13.6. The normalized spacial score (nSPS) is 28.2. The SMILES string of the molecule is Cc1nnc2ccc(N3CCCC4(C3)CC4(F)F)nn12. The van der Waals surface area contributed by atoms with E-state index < -0.39 is 11.3 Å². The summed E-state index contributed by atoms with van der Waals surface area (Å²) in [4.78, 5) is 1.96. The summed E-state index contributed by atoms with van der Waals surface area (Å²) in [5.74, 6) is -1.07. The first kappa shape index (κ1) is 12.0. The third-order valence-electron chi connectivity index (χ3n) is 4.52. The van der Waals surface area contributed by atoms with Gasteiger partial charge in [-0.2, -0.15) is 4.52 Å². The molecule has 20 heavy (non-hydrogen) atoms. The molecule has 0 amide bonds. The summed E-state index contributed by atoms with van der Waals surface area (Å²) < 4.78 is 28.8. The standard InChI is InChI=1S/C13H15F2N5/c1-9-16-17-10-3-4-11(18-20(9)10)19-6-2-5-12(8-19)7-13(12,14)15/h3-4H,2,5-8H2,1H3. The topological polar surface area (TPSA) is 46.3 Å². The predicted octanol–water partition coefficient (Wildman–Crippen LogP) is 2.06. The fourth-order valence-corrected chi connectivity index (χ4v) is 3.21. The summed E-state index contributed by atoms with van der Waals surface area (Å²) in [6.07, 6.45) is 1.42. The van der Waals surface area contributed by atoms with Gasteiger partial charge in [-0.3, -0.25) is 0 Å². The second kappa shape index (κ2) is 3.65. The molecule has 0 aromatic carbocycles. The third-order valence-corrected chi connectivity index (χ3v) is 4.52. The van der Waals surface area contributed by atoms with Gasteiger partial charge in [-0.25, -0.2) is 8.78 Å². The van der Waals surface area contributed by atoms with Gasteiger partial charge in [0, 0.05) is 19.5 Å². The van der Waals surface area contributed by atoms with Crippen molar-refractivity contribution >= 4 is 11.5 Å². The zero-order valence-electron chi connectivity index (χ0n) is 11.2. The van der Waals surface area contributed by atoms with Crippen molar-refractivity contribution in [2.75, 3.05) is 18.0 Å². The highest BCUT2D eigenvalue weighted by Gasteiger charge is 2.71. The summed E-state index contributed by atoms with van der Waals surface area (Å²) in [5.41, 5.74) is -0.140. The van der Waals surface area contributed by atoms with Gasteiger partial charge in [-0.05, 0) is 31.9 Å². The van der Waals surface area contributed by atoms with Gasteiger partial charge in [-0.1, -0.05) is 0 Å². The molecule has 0 N–H and O–H groups in total. The minimum Gasteiger partial charge on any atom is -0.354 e. The van der Waals surface area contributed by atoms with Gasteiger partial charge < -0.3 is 4.90 Å². The molecular formula is C13H15F2N5. The van der Waals surface area contributed by atoms with Crippen molar-refractivity contribution < 1.29 is 8.78 Å². The first-order chi connectivity index (χ1) is 9.51. The zero-order valence-corrected chi connectivity index (χ0v) is 11.2. The Kier molecular flexibility index (Phi) is 2.19. The molecular weight excluding hydrogens is 264 g/mol. The van der Waals surface area contributed by atoms with E-state index in [4.69, 9.17) is 0 Å². The molecule has 0 radical (unpaired) electrons. The zero-order chi connectivity index (χ0) is 14.0. The Labute approximate surface area is 114 Å². The second-order valence-corrected chi connectivity index (χ2v) is 5.90. The van der Waals surface area contributed by atoms with Gasteiger partial charge in [0.2, 0.25) is 0 Å². The third kappa shape index (κ3) is 1.55. The minimum atomic E-state index is -2.50. The van der Waals surface area contributed by atoms with Crippen molar-refractivity contribution in [1.82, 2.24) is 19.8 Å². The van der Waals surface area contributed by atoms with Crippen LogP contribution >= 0.6 is 0 Å². The molecule has 1 saturated heterocycles. The minimum absolute atomic E-state index is 0.0183. The van der Waals surface area contributed by atoms with E-state index in [1.54, 1.807) is 4.52 Å². The number of fused-ring (bicyclic) bond motifs is 1. The number of hydrogen-bond acceptors (Lipinski definition) is 4. The summed E-state index contributed by atoms with van der Waals surface area (Å²) in [7, 11) is 0. The van der Waals surface area contributed by atoms with Crippen LogP contribution in [0.1, 0.15) is 25.1 Å². The van der Waals surface area contributed by atoms with Crippen LogP contribution in [-0.2, 0) is 0 Å². The Morgan fingerprint density at radius 2 is 2.05 bits per heavy atom. The van der Waals surface area contributed by atoms with E-state index in [-0.39, 0.29) is 6.42 Å². The van der Waals surface area contributed by atoms with Crippen LogP contribution in [0.25, 0.3) is 5.65 Å². The number of alkyl halides is 2. The van der Waals surface area contributed by atoms with Crippen LogP contribution in [-0.4, -0.2) is 38.8 Å². The van der Waals surface area contributed by atoms with Crippen molar-refractivity contribution in [3.63, 3.8) is 0 Å². The highest BCUT2D eigenvalue weighted by molar-refractivity contribution is 5.47. The van der Waals surface area contributed by atoms with E-state index in [0.717, 1.165) is 18.8 Å². The highest BCUT2D eigenvalue weighted by Crippen LogP contribution is 2.64. The van der Waals surface area contributed by atoms with Crippen LogP contribution in [0.2, 0.25) is 0 Å². The summed E-state index contributed by atoms with van der Waals surface area (Å²) >= 11 is 0. The number of aromatic nitrogens is 4. The number of nitrogens with zero attached hydrogens (tertiary/aromatic N) is 5. The molecule has 2 aliphatic rings. The van der Waals surface area contributed by atoms with Crippen molar-refractivity contribution in [1.29, 1.82) is 0 Å². The highest BCUT2D eigenvalue weighted by atomic mass is 19.3. The van der Waals surface area contributed by atoms with Crippen LogP contribution < -0.4 is 4.90 Å². The molecule has 1 atom stereocenters. The average molecular weight is 279 g/mol. The van der Waals surface area contributed by atoms with Crippen LogP contribution in [0.15, 0.2) is 12.1 Å². The summed E-state index contributed by atoms with van der Waals surface area (Å²) in [5, 5.41) is 12.4. The molecule has 3 heterocycles. The largest absolute Gasteiger partial charge is 0.354 e. The van der Waals surface area contributed by atoms with Crippen LogP contribution in [0.5, 0.6) is 0 Å². The number of hydrogen-bond donors (Lipinski definition) is 0. The predicted molar refractivity (Wildman–Crippen MR) is 69.0 cm³/mol. The van der Waals surface area contributed by atoms with E-state index in [2.05, 4.69) is 15.3 Å². The summed E-state index contributed by atoms with van der Waals surface area (Å²) in [6, 6.07) is 3.66. The smallest absolute Gasteiger partial charge is 0.256 e. The molecule has 1 unspecified atom stereocenters. The van der Waals surface area contributed by atoms with Gasteiger partial charge in [0.05, 0.1) is 5.41 Å². The van der Waals surface area contributed by atoms with Crippen LogP contribution in [0.4, 0.5) is 14.6 Å². The lowest BCUT2D eigenvalue weighted by Crippen LogP contribution is -2.39. The number of aryl methyl sites for hydroxylation is 1. The quantitative estimate of drug-likeness (QED) is 0.801. The van der Waals surface area contributed by atoms with Gasteiger partial charge in [-0.15, -0.1) is 15.3 Å². The molecule has 2 aromatic rings. The van der Waals surface area contributed by atoms with Crippen molar-refractivity contribution in [3.05, 3.63) is 18.0 Å². The Bertz CT molecular complexity index is 682. The van der Waals surface area contributed by atoms with E-state index in [0.29, 0.717) is 24.4 Å². The molecule has 2 aromatic heterocycles. The molecule has 1 spiro atoms. The van der Waals surface area contributed by atoms with Crippen molar-refractivity contribution in [3.8, 4) is 0 Å². The fourth-order valence-electron chi connectivity index (χ4n) is 3.21. The lowest BCUT2D eigenvalue weighted by Gasteiger charge is -2.33. The van der Waals surface area contributed by atoms with Crippen LogP contribution in [0, 0.1) is 12.3 Å². The first-order valence-electron chi connectivity index (χ1n) is 6.83. The van der Waals surface area contributed by atoms with Crippen molar-refractivity contribution in [2.24, 2.45) is 5.41 Å². The Hall–Kier alpha value is -1.79. The Morgan fingerprint density at radius 1 is 1.25 bits per heavy atom. The maximum Gasteiger partial charge on any atom is 0.256 e. The van der Waals surface area contributed by atoms with Crippen LogP contribution in [0.3, 0.4) is 0 Å². The Balaban J connectivity index is 1.67. The molecule has 106 valence electrons. The number of piperidine rings is 1. The lowest BCUT2D eigenvalue weighted by atomic mass is 9.94. The van der Waals surface area contributed by atoms with Gasteiger partial charge in [0.1, 0.15) is 5.82 Å². The molecule has 1 aliphatic carbocycles. The van der Waals surface area contributed by atoms with E-state index >= 15 is 0 Å². The number of halogens is 2. The summed E-state index contributed by atoms with van der Waals surface area (Å²) in [6.45, 7) is 2.99. The monoisotopic (exact) mass is 279 g/mol. The lowest BCUT2D eigenvalue weighted by molar-refractivity contribution is 0.0574. The van der Waals surface area contributed by atoms with E-state index in [1.165, 1.54) is 0 Å². The van der Waals surface area contributed by atoms with E-state index in [9.17, 15) is 8.78 Å². The second-order valence-electron chi connectivity index (χ2n) is 5.90. The van der Waals surface area contributed by atoms with E-state index in [1.807, 2.05) is 24.0 Å². The number of anilines is 1. The molecule has 4 rings (SSSR count). The van der Waals surface area contributed by atoms with Gasteiger partial charge >= 0.3 is 0 Å². The molecule has 1 saturated carbocycles.